The van der Waals surface area contributed by atoms with Crippen LogP contribution in [0.2, 0.25) is 0 Å². The lowest BCUT2D eigenvalue weighted by molar-refractivity contribution is 0.197. The van der Waals surface area contributed by atoms with Gasteiger partial charge in [-0.25, -0.2) is 0 Å². The molecule has 1 saturated heterocycles. The Kier molecular flexibility index (Phi) is 4.29. The number of ether oxygens (including phenoxy) is 1. The Bertz CT molecular complexity index is 344. The SMILES string of the molecule is COCCNCc1nnc(N2CCC(O)C2)o1. The lowest BCUT2D eigenvalue weighted by Crippen LogP contribution is -2.21. The molecule has 0 spiro atoms. The fourth-order valence-electron chi connectivity index (χ4n) is 1.73. The Balaban J connectivity index is 1.79. The molecule has 1 aromatic heterocycles. The van der Waals surface area contributed by atoms with Crippen LogP contribution in [-0.2, 0) is 11.3 Å². The molecule has 7 nitrogen and oxygen atoms in total. The Morgan fingerprint density at radius 1 is 1.59 bits per heavy atom. The van der Waals surface area contributed by atoms with E-state index in [1.807, 2.05) is 4.90 Å². The molecule has 0 amide bonds. The standard InChI is InChI=1S/C10H18N4O3/c1-16-5-3-11-6-9-12-13-10(17-9)14-4-2-8(15)7-14/h8,11,15H,2-7H2,1H3. The fraction of sp³-hybridized carbons (Fsp3) is 0.800. The van der Waals surface area contributed by atoms with E-state index in [9.17, 15) is 5.11 Å². The first-order chi connectivity index (χ1) is 8.29. The van der Waals surface area contributed by atoms with Gasteiger partial charge in [0, 0.05) is 26.7 Å². The van der Waals surface area contributed by atoms with Crippen LogP contribution in [-0.4, -0.2) is 54.8 Å². The van der Waals surface area contributed by atoms with Crippen molar-refractivity contribution >= 4 is 6.01 Å². The van der Waals surface area contributed by atoms with Crippen LogP contribution in [0.15, 0.2) is 4.42 Å². The van der Waals surface area contributed by atoms with Crippen molar-refractivity contribution in [3.8, 4) is 0 Å². The molecular formula is C10H18N4O3. The quantitative estimate of drug-likeness (QED) is 0.643. The summed E-state index contributed by atoms with van der Waals surface area (Å²) in [6.07, 6.45) is 0.467. The number of nitrogens with zero attached hydrogens (tertiary/aromatic N) is 3. The number of methoxy groups -OCH3 is 1. The number of aliphatic hydroxyl groups excluding tert-OH is 1. The summed E-state index contributed by atoms with van der Waals surface area (Å²) in [5, 5.41) is 20.4. The van der Waals surface area contributed by atoms with Crippen LogP contribution < -0.4 is 10.2 Å². The molecule has 96 valence electrons. The van der Waals surface area contributed by atoms with Gasteiger partial charge in [0.05, 0.1) is 19.3 Å². The monoisotopic (exact) mass is 242 g/mol. The highest BCUT2D eigenvalue weighted by Gasteiger charge is 2.24. The molecule has 1 aliphatic heterocycles. The molecule has 1 aliphatic rings. The van der Waals surface area contributed by atoms with E-state index in [4.69, 9.17) is 9.15 Å². The van der Waals surface area contributed by atoms with Crippen LogP contribution in [0.5, 0.6) is 0 Å². The van der Waals surface area contributed by atoms with Gasteiger partial charge in [0.15, 0.2) is 0 Å². The maximum Gasteiger partial charge on any atom is 0.318 e. The second-order valence-electron chi connectivity index (χ2n) is 4.04. The summed E-state index contributed by atoms with van der Waals surface area (Å²) < 4.78 is 10.4. The van der Waals surface area contributed by atoms with E-state index in [2.05, 4.69) is 15.5 Å². The maximum absolute atomic E-state index is 9.41. The molecule has 1 unspecified atom stereocenters. The van der Waals surface area contributed by atoms with E-state index in [1.165, 1.54) is 0 Å². The van der Waals surface area contributed by atoms with E-state index in [0.29, 0.717) is 31.6 Å². The summed E-state index contributed by atoms with van der Waals surface area (Å²) in [6.45, 7) is 3.27. The maximum atomic E-state index is 9.41. The number of anilines is 1. The highest BCUT2D eigenvalue weighted by atomic mass is 16.5. The summed E-state index contributed by atoms with van der Waals surface area (Å²) in [6, 6.07) is 0.491. The number of aliphatic hydroxyl groups is 1. The molecule has 2 heterocycles. The summed E-state index contributed by atoms with van der Waals surface area (Å²) >= 11 is 0. The number of β-amino-alcohol motifs (C(OH)–C–C–N with tert-alkyl or cyclic N) is 1. The van der Waals surface area contributed by atoms with Crippen LogP contribution in [0.4, 0.5) is 6.01 Å². The van der Waals surface area contributed by atoms with Gasteiger partial charge in [0.1, 0.15) is 0 Å². The van der Waals surface area contributed by atoms with Crippen molar-refractivity contribution in [2.45, 2.75) is 19.1 Å². The second kappa shape index (κ2) is 5.95. The Morgan fingerprint density at radius 3 is 3.18 bits per heavy atom. The minimum absolute atomic E-state index is 0.287. The third-order valence-corrected chi connectivity index (χ3v) is 2.65. The van der Waals surface area contributed by atoms with E-state index < -0.39 is 0 Å². The van der Waals surface area contributed by atoms with Crippen molar-refractivity contribution < 1.29 is 14.3 Å². The minimum Gasteiger partial charge on any atom is -0.407 e. The van der Waals surface area contributed by atoms with Crippen molar-refractivity contribution in [3.63, 3.8) is 0 Å². The van der Waals surface area contributed by atoms with Crippen molar-refractivity contribution in [1.82, 2.24) is 15.5 Å². The lowest BCUT2D eigenvalue weighted by atomic mass is 10.3. The molecule has 1 atom stereocenters. The first-order valence-corrected chi connectivity index (χ1v) is 5.74. The molecule has 17 heavy (non-hydrogen) atoms. The van der Waals surface area contributed by atoms with Gasteiger partial charge in [0.25, 0.3) is 0 Å². The van der Waals surface area contributed by atoms with Crippen molar-refractivity contribution in [1.29, 1.82) is 0 Å². The van der Waals surface area contributed by atoms with Gasteiger partial charge in [-0.2, -0.15) is 0 Å². The average molecular weight is 242 g/mol. The minimum atomic E-state index is -0.287. The highest BCUT2D eigenvalue weighted by Crippen LogP contribution is 2.18. The Morgan fingerprint density at radius 2 is 2.47 bits per heavy atom. The molecule has 2 N–H and O–H groups in total. The summed E-state index contributed by atoms with van der Waals surface area (Å²) in [5.41, 5.74) is 0. The van der Waals surface area contributed by atoms with Gasteiger partial charge in [0.2, 0.25) is 5.89 Å². The van der Waals surface area contributed by atoms with Crippen molar-refractivity contribution in [3.05, 3.63) is 5.89 Å². The number of hydrogen-bond acceptors (Lipinski definition) is 7. The van der Waals surface area contributed by atoms with E-state index >= 15 is 0 Å². The molecule has 7 heteroatoms. The zero-order valence-electron chi connectivity index (χ0n) is 9.93. The third-order valence-electron chi connectivity index (χ3n) is 2.65. The van der Waals surface area contributed by atoms with Crippen molar-refractivity contribution in [2.24, 2.45) is 0 Å². The van der Waals surface area contributed by atoms with Crippen LogP contribution in [0.1, 0.15) is 12.3 Å². The Labute approximate surface area is 99.8 Å². The number of nitrogens with one attached hydrogen (secondary N) is 1. The van der Waals surface area contributed by atoms with Gasteiger partial charge in [-0.3, -0.25) is 0 Å². The first-order valence-electron chi connectivity index (χ1n) is 5.74. The van der Waals surface area contributed by atoms with E-state index in [1.54, 1.807) is 7.11 Å². The zero-order valence-corrected chi connectivity index (χ0v) is 9.93. The average Bonchev–Trinajstić information content (AvgIpc) is 2.93. The zero-order chi connectivity index (χ0) is 12.1. The van der Waals surface area contributed by atoms with Gasteiger partial charge >= 0.3 is 6.01 Å². The predicted molar refractivity (Wildman–Crippen MR) is 60.7 cm³/mol. The van der Waals surface area contributed by atoms with E-state index in [-0.39, 0.29) is 6.10 Å². The summed E-state index contributed by atoms with van der Waals surface area (Å²) in [7, 11) is 1.66. The summed E-state index contributed by atoms with van der Waals surface area (Å²) in [5.74, 6) is 0.553. The number of hydrogen-bond donors (Lipinski definition) is 2. The van der Waals surface area contributed by atoms with Crippen LogP contribution in [0, 0.1) is 0 Å². The normalized spacial score (nSPS) is 20.1. The molecule has 1 fully saturated rings. The second-order valence-corrected chi connectivity index (χ2v) is 4.04. The van der Waals surface area contributed by atoms with E-state index in [0.717, 1.165) is 19.5 Å². The highest BCUT2D eigenvalue weighted by molar-refractivity contribution is 5.26. The molecule has 0 aromatic carbocycles. The molecule has 0 bridgehead atoms. The number of rotatable bonds is 6. The first kappa shape index (κ1) is 12.3. The molecular weight excluding hydrogens is 224 g/mol. The van der Waals surface area contributed by atoms with Crippen LogP contribution in [0.25, 0.3) is 0 Å². The predicted octanol–water partition coefficient (Wildman–Crippen LogP) is -0.623. The van der Waals surface area contributed by atoms with Gasteiger partial charge in [-0.15, -0.1) is 5.10 Å². The van der Waals surface area contributed by atoms with Gasteiger partial charge in [-0.05, 0) is 6.42 Å². The smallest absolute Gasteiger partial charge is 0.318 e. The van der Waals surface area contributed by atoms with Gasteiger partial charge < -0.3 is 24.5 Å². The van der Waals surface area contributed by atoms with Crippen LogP contribution in [0.3, 0.4) is 0 Å². The molecule has 0 aliphatic carbocycles. The van der Waals surface area contributed by atoms with Crippen molar-refractivity contribution in [2.75, 3.05) is 38.3 Å². The molecule has 2 rings (SSSR count). The molecule has 1 aromatic rings. The Hall–Kier alpha value is -1.18. The third kappa shape index (κ3) is 3.39. The fourth-order valence-corrected chi connectivity index (χ4v) is 1.73. The topological polar surface area (TPSA) is 83.7 Å². The largest absolute Gasteiger partial charge is 0.407 e. The molecule has 0 saturated carbocycles. The number of aromatic nitrogens is 2. The van der Waals surface area contributed by atoms with Crippen LogP contribution >= 0.6 is 0 Å². The van der Waals surface area contributed by atoms with Gasteiger partial charge in [-0.1, -0.05) is 5.10 Å². The lowest BCUT2D eigenvalue weighted by Gasteiger charge is -2.10. The summed E-state index contributed by atoms with van der Waals surface area (Å²) in [4.78, 5) is 1.90. The molecule has 0 radical (unpaired) electrons.